The summed E-state index contributed by atoms with van der Waals surface area (Å²) < 4.78 is 12.1. The number of phenols is 1. The van der Waals surface area contributed by atoms with E-state index in [2.05, 4.69) is 24.6 Å². The first kappa shape index (κ1) is 36.7. The molecule has 0 radical (unpaired) electrons. The van der Waals surface area contributed by atoms with E-state index in [1.165, 1.54) is 18.2 Å². The molecule has 0 aliphatic heterocycles. The normalized spacial score (nSPS) is 11.0. The van der Waals surface area contributed by atoms with Crippen LogP contribution in [0.3, 0.4) is 0 Å². The van der Waals surface area contributed by atoms with Crippen molar-refractivity contribution in [1.82, 2.24) is 0 Å². The molecule has 5 N–H and O–H groups in total. The zero-order chi connectivity index (χ0) is 38.2. The van der Waals surface area contributed by atoms with Gasteiger partial charge in [-0.05, 0) is 114 Å². The molecule has 0 atom stereocenters. The number of carbonyl (C=O) groups excluding carboxylic acids is 1. The first-order chi connectivity index (χ1) is 26.0. The van der Waals surface area contributed by atoms with Crippen molar-refractivity contribution in [2.75, 3.05) is 10.8 Å². The highest BCUT2D eigenvalue weighted by Crippen LogP contribution is 2.35. The number of carbonyl (C=O) groups is 3. The number of anilines is 2. The monoisotopic (exact) mass is 724 g/mol. The molecule has 0 aliphatic rings. The molecule has 0 unspecified atom stereocenters. The van der Waals surface area contributed by atoms with E-state index in [9.17, 15) is 29.7 Å². The second kappa shape index (κ2) is 16.1. The van der Waals surface area contributed by atoms with Gasteiger partial charge in [0.25, 0.3) is 5.91 Å². The molecule has 0 heterocycles. The average Bonchev–Trinajstić information content (AvgIpc) is 3.16. The quantitative estimate of drug-likeness (QED) is 0.0684. The number of hydrogen-bond acceptors (Lipinski definition) is 8. The van der Waals surface area contributed by atoms with Crippen LogP contribution in [0.15, 0.2) is 140 Å². The van der Waals surface area contributed by atoms with Gasteiger partial charge in [0.05, 0.1) is 22.4 Å². The van der Waals surface area contributed by atoms with E-state index >= 15 is 0 Å². The summed E-state index contributed by atoms with van der Waals surface area (Å²) in [4.78, 5) is 41.1. The van der Waals surface area contributed by atoms with Crippen LogP contribution in [0, 0.1) is 0 Å². The van der Waals surface area contributed by atoms with E-state index in [-0.39, 0.29) is 34.5 Å². The Balaban J connectivity index is 1.01. The number of amides is 1. The standard InChI is InChI=1S/C43H36N2O9/c1-43(2,29-9-18-34(19-10-29)54-36-22-13-31(14-23-36)45-52-26-27-5-3-4-6-37(27)41(48)49)28-7-16-33(17-8-28)53-35-20-11-30(12-21-35)44-40(47)39-25-32(46)15-24-38(39)42(50)51/h3-25,45-46H,26H2,1-2H3,(H,44,47)(H,48,49)(H,50,51). The summed E-state index contributed by atoms with van der Waals surface area (Å²) in [5.41, 5.74) is 6.17. The number of carboxylic acid groups (broad SMARTS) is 2. The number of ether oxygens (including phenoxy) is 2. The van der Waals surface area contributed by atoms with Gasteiger partial charge in [0.2, 0.25) is 0 Å². The summed E-state index contributed by atoms with van der Waals surface area (Å²) in [7, 11) is 0. The van der Waals surface area contributed by atoms with Crippen molar-refractivity contribution in [3.8, 4) is 28.7 Å². The molecule has 0 aromatic heterocycles. The van der Waals surface area contributed by atoms with Crippen LogP contribution >= 0.6 is 0 Å². The van der Waals surface area contributed by atoms with Gasteiger partial charge in [-0.3, -0.25) is 15.1 Å². The smallest absolute Gasteiger partial charge is 0.336 e. The van der Waals surface area contributed by atoms with Crippen LogP contribution in [-0.2, 0) is 16.9 Å². The SMILES string of the molecule is CC(C)(c1ccc(Oc2ccc(NOCc3ccccc3C(=O)O)cc2)cc1)c1ccc(Oc2ccc(NC(=O)c3cc(O)ccc3C(=O)O)cc2)cc1. The van der Waals surface area contributed by atoms with Gasteiger partial charge in [0.15, 0.2) is 0 Å². The molecule has 1 amide bonds. The third-order valence-electron chi connectivity index (χ3n) is 8.73. The van der Waals surface area contributed by atoms with Crippen LogP contribution in [0.4, 0.5) is 11.4 Å². The van der Waals surface area contributed by atoms with Gasteiger partial charge < -0.3 is 30.1 Å². The van der Waals surface area contributed by atoms with Crippen LogP contribution < -0.4 is 20.3 Å². The Bertz CT molecular complexity index is 2270. The maximum atomic E-state index is 12.7. The Kier molecular flexibility index (Phi) is 10.9. The van der Waals surface area contributed by atoms with E-state index < -0.39 is 17.8 Å². The minimum Gasteiger partial charge on any atom is -0.508 e. The first-order valence-electron chi connectivity index (χ1n) is 16.8. The fourth-order valence-corrected chi connectivity index (χ4v) is 5.67. The minimum atomic E-state index is -1.27. The lowest BCUT2D eigenvalue weighted by molar-refractivity contribution is 0.0682. The lowest BCUT2D eigenvalue weighted by Gasteiger charge is -2.26. The molecular formula is C43H36N2O9. The van der Waals surface area contributed by atoms with E-state index in [0.717, 1.165) is 17.2 Å². The third-order valence-corrected chi connectivity index (χ3v) is 8.73. The maximum absolute atomic E-state index is 12.7. The highest BCUT2D eigenvalue weighted by Gasteiger charge is 2.23. The van der Waals surface area contributed by atoms with Crippen molar-refractivity contribution < 1.29 is 44.0 Å². The summed E-state index contributed by atoms with van der Waals surface area (Å²) in [5, 5.41) is 31.1. The second-order valence-corrected chi connectivity index (χ2v) is 12.8. The summed E-state index contributed by atoms with van der Waals surface area (Å²) in [6.07, 6.45) is 0. The number of phenolic OH excluding ortho intramolecular Hbond substituents is 1. The van der Waals surface area contributed by atoms with Crippen LogP contribution in [0.2, 0.25) is 0 Å². The van der Waals surface area contributed by atoms with Gasteiger partial charge in [0.1, 0.15) is 35.4 Å². The molecule has 0 fully saturated rings. The summed E-state index contributed by atoms with van der Waals surface area (Å²) in [6, 6.07) is 39.7. The Morgan fingerprint density at radius 2 is 1.06 bits per heavy atom. The predicted molar refractivity (Wildman–Crippen MR) is 203 cm³/mol. The molecule has 6 aromatic rings. The lowest BCUT2D eigenvalue weighted by Crippen LogP contribution is -2.18. The van der Waals surface area contributed by atoms with Crippen molar-refractivity contribution >= 4 is 29.2 Å². The lowest BCUT2D eigenvalue weighted by atomic mass is 9.78. The Hall–Kier alpha value is -7.11. The first-order valence-corrected chi connectivity index (χ1v) is 16.8. The predicted octanol–water partition coefficient (Wildman–Crippen LogP) is 9.50. The van der Waals surface area contributed by atoms with Crippen molar-refractivity contribution in [3.63, 3.8) is 0 Å². The number of benzene rings is 6. The molecule has 11 nitrogen and oxygen atoms in total. The number of rotatable bonds is 14. The number of nitrogens with one attached hydrogen (secondary N) is 2. The summed E-state index contributed by atoms with van der Waals surface area (Å²) in [6.45, 7) is 4.36. The van der Waals surface area contributed by atoms with Gasteiger partial charge >= 0.3 is 11.9 Å². The average molecular weight is 725 g/mol. The molecule has 0 aliphatic carbocycles. The molecule has 54 heavy (non-hydrogen) atoms. The topological polar surface area (TPSA) is 164 Å². The van der Waals surface area contributed by atoms with E-state index in [1.807, 2.05) is 60.7 Å². The minimum absolute atomic E-state index is 0.0883. The third kappa shape index (κ3) is 8.84. The molecule has 0 bridgehead atoms. The number of carboxylic acids is 2. The Morgan fingerprint density at radius 1 is 0.574 bits per heavy atom. The van der Waals surface area contributed by atoms with Gasteiger partial charge in [-0.1, -0.05) is 56.3 Å². The summed E-state index contributed by atoms with van der Waals surface area (Å²) in [5.74, 6) is -0.677. The van der Waals surface area contributed by atoms with Crippen molar-refractivity contribution in [2.24, 2.45) is 0 Å². The highest BCUT2D eigenvalue weighted by molar-refractivity contribution is 6.11. The van der Waals surface area contributed by atoms with E-state index in [4.69, 9.17) is 14.3 Å². The van der Waals surface area contributed by atoms with Crippen molar-refractivity contribution in [3.05, 3.63) is 173 Å². The fourth-order valence-electron chi connectivity index (χ4n) is 5.67. The van der Waals surface area contributed by atoms with E-state index in [0.29, 0.717) is 39.9 Å². The van der Waals surface area contributed by atoms with Gasteiger partial charge in [-0.25, -0.2) is 9.59 Å². The molecule has 6 aromatic carbocycles. The Labute approximate surface area is 311 Å². The summed E-state index contributed by atoms with van der Waals surface area (Å²) >= 11 is 0. The number of hydrogen-bond donors (Lipinski definition) is 5. The highest BCUT2D eigenvalue weighted by atomic mass is 16.6. The fraction of sp³-hybridized carbons (Fsp3) is 0.0930. The molecule has 272 valence electrons. The van der Waals surface area contributed by atoms with Gasteiger partial charge in [0, 0.05) is 11.1 Å². The van der Waals surface area contributed by atoms with Crippen LogP contribution in [-0.4, -0.2) is 33.2 Å². The van der Waals surface area contributed by atoms with Crippen LogP contribution in [0.5, 0.6) is 28.7 Å². The second-order valence-electron chi connectivity index (χ2n) is 12.8. The van der Waals surface area contributed by atoms with Crippen LogP contribution in [0.1, 0.15) is 61.6 Å². The van der Waals surface area contributed by atoms with Gasteiger partial charge in [-0.15, -0.1) is 0 Å². The maximum Gasteiger partial charge on any atom is 0.336 e. The zero-order valence-electron chi connectivity index (χ0n) is 29.3. The number of aromatic hydroxyl groups is 1. The molecule has 11 heteroatoms. The molecule has 0 saturated heterocycles. The van der Waals surface area contributed by atoms with Gasteiger partial charge in [-0.2, -0.15) is 0 Å². The molecule has 6 rings (SSSR count). The molecule has 0 saturated carbocycles. The molecular weight excluding hydrogens is 688 g/mol. The Morgan fingerprint density at radius 3 is 1.57 bits per heavy atom. The largest absolute Gasteiger partial charge is 0.508 e. The zero-order valence-corrected chi connectivity index (χ0v) is 29.3. The number of aromatic carboxylic acids is 2. The van der Waals surface area contributed by atoms with E-state index in [1.54, 1.807) is 54.6 Å². The van der Waals surface area contributed by atoms with Crippen molar-refractivity contribution in [1.29, 1.82) is 0 Å². The van der Waals surface area contributed by atoms with Crippen molar-refractivity contribution in [2.45, 2.75) is 25.9 Å². The molecule has 0 spiro atoms. The van der Waals surface area contributed by atoms with Crippen LogP contribution in [0.25, 0.3) is 0 Å².